The lowest BCUT2D eigenvalue weighted by Crippen LogP contribution is -2.50. The highest BCUT2D eigenvalue weighted by Crippen LogP contribution is 2.32. The summed E-state index contributed by atoms with van der Waals surface area (Å²) in [6, 6.07) is 11.3. The molecular weight excluding hydrogens is 455 g/mol. The molecule has 1 aliphatic rings. The maximum absolute atomic E-state index is 12.9. The van der Waals surface area contributed by atoms with Crippen LogP contribution in [-0.4, -0.2) is 57.1 Å². The van der Waals surface area contributed by atoms with Gasteiger partial charge < -0.3 is 10.2 Å². The van der Waals surface area contributed by atoms with Crippen molar-refractivity contribution < 1.29 is 26.4 Å². The highest BCUT2D eigenvalue weighted by Gasteiger charge is 2.32. The monoisotopic (exact) mass is 475 g/mol. The second-order valence-corrected chi connectivity index (χ2v) is 9.54. The van der Waals surface area contributed by atoms with E-state index in [2.05, 4.69) is 5.32 Å². The molecule has 1 N–H and O–H groups in total. The Labute approximate surface area is 183 Å². The zero-order valence-corrected chi connectivity index (χ0v) is 18.0. The van der Waals surface area contributed by atoms with Crippen molar-refractivity contribution in [1.29, 1.82) is 0 Å². The van der Waals surface area contributed by atoms with Crippen molar-refractivity contribution in [3.8, 4) is 0 Å². The van der Waals surface area contributed by atoms with Gasteiger partial charge in [-0.15, -0.1) is 0 Å². The molecule has 11 heteroatoms. The summed E-state index contributed by atoms with van der Waals surface area (Å²) in [6.07, 6.45) is -4.43. The predicted molar refractivity (Wildman–Crippen MR) is 113 cm³/mol. The van der Waals surface area contributed by atoms with Gasteiger partial charge in [0.25, 0.3) is 5.91 Å². The molecular formula is C20H21ClF3N3O3S. The van der Waals surface area contributed by atoms with Gasteiger partial charge in [-0.1, -0.05) is 23.7 Å². The Morgan fingerprint density at radius 2 is 1.71 bits per heavy atom. The molecule has 2 aromatic rings. The van der Waals surface area contributed by atoms with Gasteiger partial charge in [0.05, 0.1) is 11.3 Å². The number of carbonyl (C=O) groups is 1. The number of nitrogens with zero attached hydrogens (tertiary/aromatic N) is 2. The van der Waals surface area contributed by atoms with E-state index in [1.54, 1.807) is 29.2 Å². The molecule has 0 aliphatic carbocycles. The third-order valence-electron chi connectivity index (χ3n) is 4.90. The second-order valence-electron chi connectivity index (χ2n) is 7.02. The summed E-state index contributed by atoms with van der Waals surface area (Å²) >= 11 is 5.84. The van der Waals surface area contributed by atoms with Crippen LogP contribution < -0.4 is 10.2 Å². The number of alkyl halides is 3. The maximum Gasteiger partial charge on any atom is 0.416 e. The molecule has 2 aromatic carbocycles. The van der Waals surface area contributed by atoms with Crippen LogP contribution in [0.5, 0.6) is 0 Å². The molecule has 1 fully saturated rings. The summed E-state index contributed by atoms with van der Waals surface area (Å²) in [5, 5.41) is 2.96. The summed E-state index contributed by atoms with van der Waals surface area (Å²) < 4.78 is 65.2. The molecule has 6 nitrogen and oxygen atoms in total. The zero-order chi connectivity index (χ0) is 22.6. The molecule has 0 saturated carbocycles. The van der Waals surface area contributed by atoms with E-state index < -0.39 is 27.7 Å². The largest absolute Gasteiger partial charge is 0.416 e. The molecule has 0 bridgehead atoms. The molecule has 0 spiro atoms. The summed E-state index contributed by atoms with van der Waals surface area (Å²) in [7, 11) is -3.62. The van der Waals surface area contributed by atoms with E-state index in [-0.39, 0.29) is 38.5 Å². The first-order chi connectivity index (χ1) is 14.6. The lowest BCUT2D eigenvalue weighted by atomic mass is 10.1. The quantitative estimate of drug-likeness (QED) is 0.696. The van der Waals surface area contributed by atoms with Crippen LogP contribution in [0.15, 0.2) is 48.5 Å². The number of sulfonamides is 1. The number of benzene rings is 2. The Hall–Kier alpha value is -2.30. The average Bonchev–Trinajstić information content (AvgIpc) is 2.73. The van der Waals surface area contributed by atoms with Crippen molar-refractivity contribution in [2.24, 2.45) is 0 Å². The van der Waals surface area contributed by atoms with Gasteiger partial charge in [-0.2, -0.15) is 17.5 Å². The van der Waals surface area contributed by atoms with Gasteiger partial charge in [0.2, 0.25) is 10.0 Å². The fourth-order valence-electron chi connectivity index (χ4n) is 3.26. The Bertz CT molecular complexity index is 1040. The SMILES string of the molecule is O=C(NCCS(=O)(=O)N1CCN(c2cccc(C(F)(F)F)c2)CC1)c1cccc(Cl)c1. The molecule has 1 heterocycles. The smallest absolute Gasteiger partial charge is 0.369 e. The maximum atomic E-state index is 12.9. The van der Waals surface area contributed by atoms with E-state index in [0.717, 1.165) is 12.1 Å². The fourth-order valence-corrected chi connectivity index (χ4v) is 4.79. The predicted octanol–water partition coefficient (Wildman–Crippen LogP) is 3.24. The third kappa shape index (κ3) is 6.11. The second kappa shape index (κ2) is 9.46. The van der Waals surface area contributed by atoms with Gasteiger partial charge in [-0.05, 0) is 36.4 Å². The average molecular weight is 476 g/mol. The summed E-state index contributed by atoms with van der Waals surface area (Å²) in [5.74, 6) is -0.699. The number of hydrogen-bond donors (Lipinski definition) is 1. The van der Waals surface area contributed by atoms with Crippen LogP contribution in [0.1, 0.15) is 15.9 Å². The molecule has 1 amide bonds. The van der Waals surface area contributed by atoms with Gasteiger partial charge in [-0.3, -0.25) is 4.79 Å². The molecule has 1 aliphatic heterocycles. The van der Waals surface area contributed by atoms with Gasteiger partial charge in [0.15, 0.2) is 0 Å². The van der Waals surface area contributed by atoms with E-state index in [0.29, 0.717) is 16.3 Å². The number of amides is 1. The Morgan fingerprint density at radius 1 is 1.03 bits per heavy atom. The van der Waals surface area contributed by atoms with Crippen LogP contribution in [0.3, 0.4) is 0 Å². The lowest BCUT2D eigenvalue weighted by molar-refractivity contribution is -0.137. The van der Waals surface area contributed by atoms with E-state index in [1.165, 1.54) is 16.4 Å². The fraction of sp³-hybridized carbons (Fsp3) is 0.350. The minimum Gasteiger partial charge on any atom is -0.369 e. The van der Waals surface area contributed by atoms with Crippen LogP contribution in [-0.2, 0) is 16.2 Å². The molecule has 0 aromatic heterocycles. The van der Waals surface area contributed by atoms with Crippen molar-refractivity contribution >= 4 is 33.2 Å². The molecule has 0 radical (unpaired) electrons. The van der Waals surface area contributed by atoms with Gasteiger partial charge >= 0.3 is 6.18 Å². The summed E-state index contributed by atoms with van der Waals surface area (Å²) in [5.41, 5.74) is -0.00393. The van der Waals surface area contributed by atoms with E-state index >= 15 is 0 Å². The molecule has 1 saturated heterocycles. The van der Waals surface area contributed by atoms with Gasteiger partial charge in [0.1, 0.15) is 0 Å². The Morgan fingerprint density at radius 3 is 2.35 bits per heavy atom. The van der Waals surface area contributed by atoms with Crippen molar-refractivity contribution in [3.05, 3.63) is 64.7 Å². The molecule has 0 unspecified atom stereocenters. The number of rotatable bonds is 6. The van der Waals surface area contributed by atoms with Crippen molar-refractivity contribution in [2.45, 2.75) is 6.18 Å². The molecule has 3 rings (SSSR count). The molecule has 168 valence electrons. The van der Waals surface area contributed by atoms with Gasteiger partial charge in [-0.25, -0.2) is 8.42 Å². The number of anilines is 1. The lowest BCUT2D eigenvalue weighted by Gasteiger charge is -2.35. The number of carbonyl (C=O) groups excluding carboxylic acids is 1. The minimum atomic E-state index is -4.43. The highest BCUT2D eigenvalue weighted by molar-refractivity contribution is 7.89. The van der Waals surface area contributed by atoms with Crippen LogP contribution in [0.25, 0.3) is 0 Å². The number of piperazine rings is 1. The van der Waals surface area contributed by atoms with Crippen LogP contribution >= 0.6 is 11.6 Å². The van der Waals surface area contributed by atoms with Crippen molar-refractivity contribution in [1.82, 2.24) is 9.62 Å². The summed E-state index contributed by atoms with van der Waals surface area (Å²) in [6.45, 7) is 0.786. The zero-order valence-electron chi connectivity index (χ0n) is 16.4. The van der Waals surface area contributed by atoms with E-state index in [4.69, 9.17) is 11.6 Å². The van der Waals surface area contributed by atoms with Crippen LogP contribution in [0.4, 0.5) is 18.9 Å². The number of halogens is 4. The summed E-state index contributed by atoms with van der Waals surface area (Å²) in [4.78, 5) is 13.8. The molecule has 0 atom stereocenters. The van der Waals surface area contributed by atoms with Crippen molar-refractivity contribution in [2.75, 3.05) is 43.4 Å². The Kier molecular flexibility index (Phi) is 7.13. The molecule has 31 heavy (non-hydrogen) atoms. The highest BCUT2D eigenvalue weighted by atomic mass is 35.5. The number of nitrogens with one attached hydrogen (secondary N) is 1. The van der Waals surface area contributed by atoms with E-state index in [1.807, 2.05) is 0 Å². The first-order valence-electron chi connectivity index (χ1n) is 9.50. The first-order valence-corrected chi connectivity index (χ1v) is 11.5. The third-order valence-corrected chi connectivity index (χ3v) is 7.01. The number of hydrogen-bond acceptors (Lipinski definition) is 4. The van der Waals surface area contributed by atoms with E-state index in [9.17, 15) is 26.4 Å². The first kappa shape index (κ1) is 23.4. The topological polar surface area (TPSA) is 69.7 Å². The van der Waals surface area contributed by atoms with Crippen LogP contribution in [0, 0.1) is 0 Å². The Balaban J connectivity index is 1.52. The normalized spacial score (nSPS) is 15.7. The minimum absolute atomic E-state index is 0.0679. The van der Waals surface area contributed by atoms with Crippen molar-refractivity contribution in [3.63, 3.8) is 0 Å². The van der Waals surface area contributed by atoms with Crippen LogP contribution in [0.2, 0.25) is 5.02 Å². The van der Waals surface area contributed by atoms with Gasteiger partial charge in [0, 0.05) is 49.0 Å². The standard InChI is InChI=1S/C20H21ClF3N3O3S/c21-17-5-1-3-15(13-17)19(28)25-7-12-31(29,30)27-10-8-26(9-11-27)18-6-2-4-16(14-18)20(22,23)24/h1-6,13-14H,7-12H2,(H,25,28).